The molecule has 0 saturated carbocycles. The van der Waals surface area contributed by atoms with E-state index >= 15 is 0 Å². The van der Waals surface area contributed by atoms with E-state index in [0.29, 0.717) is 29.6 Å². The van der Waals surface area contributed by atoms with Gasteiger partial charge in [0.1, 0.15) is 11.6 Å². The lowest BCUT2D eigenvalue weighted by Gasteiger charge is -2.32. The number of piperidine rings is 1. The number of hydrogen-bond donors (Lipinski definition) is 1. The highest BCUT2D eigenvalue weighted by Crippen LogP contribution is 2.27. The van der Waals surface area contributed by atoms with Gasteiger partial charge in [-0.25, -0.2) is 4.39 Å². The lowest BCUT2D eigenvalue weighted by Crippen LogP contribution is -2.47. The minimum atomic E-state index is -0.882. The maximum absolute atomic E-state index is 13.0. The van der Waals surface area contributed by atoms with Crippen molar-refractivity contribution in [2.24, 2.45) is 5.92 Å². The van der Waals surface area contributed by atoms with E-state index in [4.69, 9.17) is 9.84 Å². The lowest BCUT2D eigenvalue weighted by molar-refractivity contribution is -0.147. The van der Waals surface area contributed by atoms with Crippen LogP contribution in [0.4, 0.5) is 4.39 Å². The van der Waals surface area contributed by atoms with Crippen LogP contribution in [-0.2, 0) is 9.59 Å². The number of nitrogens with zero attached hydrogens (tertiary/aromatic N) is 1. The van der Waals surface area contributed by atoms with Crippen LogP contribution < -0.4 is 4.74 Å². The van der Waals surface area contributed by atoms with Crippen molar-refractivity contribution in [2.75, 3.05) is 13.1 Å². The van der Waals surface area contributed by atoms with Crippen molar-refractivity contribution in [3.05, 3.63) is 28.5 Å². The molecule has 0 bridgehead atoms. The number of hydrogen-bond acceptors (Lipinski definition) is 3. The Bertz CT molecular complexity index is 581. The summed E-state index contributed by atoms with van der Waals surface area (Å²) in [6, 6.07) is 3.95. The summed E-state index contributed by atoms with van der Waals surface area (Å²) in [5, 5.41) is 9.06. The summed E-state index contributed by atoms with van der Waals surface area (Å²) in [5.41, 5.74) is 0. The number of likely N-dealkylation sites (tertiary alicyclic amines) is 1. The van der Waals surface area contributed by atoms with Crippen molar-refractivity contribution >= 4 is 27.8 Å². The molecule has 0 radical (unpaired) electrons. The first-order valence-electron chi connectivity index (χ1n) is 7.01. The Morgan fingerprint density at radius 2 is 2.23 bits per heavy atom. The molecule has 1 heterocycles. The molecule has 0 spiro atoms. The van der Waals surface area contributed by atoms with E-state index in [2.05, 4.69) is 15.9 Å². The molecule has 1 amide bonds. The van der Waals surface area contributed by atoms with Gasteiger partial charge < -0.3 is 14.7 Å². The van der Waals surface area contributed by atoms with Gasteiger partial charge in [0.25, 0.3) is 5.91 Å². The fourth-order valence-electron chi connectivity index (χ4n) is 2.45. The van der Waals surface area contributed by atoms with E-state index in [9.17, 15) is 14.0 Å². The summed E-state index contributed by atoms with van der Waals surface area (Å²) in [7, 11) is 0. The molecule has 1 aliphatic heterocycles. The van der Waals surface area contributed by atoms with Gasteiger partial charge in [-0.2, -0.15) is 0 Å². The Kier molecular flexibility index (Phi) is 5.39. The van der Waals surface area contributed by atoms with Crippen molar-refractivity contribution in [2.45, 2.75) is 25.9 Å². The highest BCUT2D eigenvalue weighted by molar-refractivity contribution is 9.10. The quantitative estimate of drug-likeness (QED) is 0.880. The largest absolute Gasteiger partial charge is 0.481 e. The first kappa shape index (κ1) is 16.7. The van der Waals surface area contributed by atoms with Gasteiger partial charge >= 0.3 is 5.97 Å². The van der Waals surface area contributed by atoms with Crippen LogP contribution in [0.15, 0.2) is 22.7 Å². The second-order valence-electron chi connectivity index (χ2n) is 5.30. The third kappa shape index (κ3) is 3.97. The molecule has 5 nitrogen and oxygen atoms in total. The van der Waals surface area contributed by atoms with Gasteiger partial charge in [0.15, 0.2) is 6.10 Å². The van der Waals surface area contributed by atoms with E-state index in [-0.39, 0.29) is 12.5 Å². The standard InChI is InChI=1S/C15H17BrFNO4/c1-9(22-13-5-4-11(17)7-12(13)16)14(19)18-6-2-3-10(8-18)15(20)21/h4-5,7,9-10H,2-3,6,8H2,1H3,(H,20,21)/t9-,10-/m1/s1. The molecule has 120 valence electrons. The van der Waals surface area contributed by atoms with Crippen LogP contribution in [0.3, 0.4) is 0 Å². The number of halogens is 2. The Morgan fingerprint density at radius 3 is 2.86 bits per heavy atom. The number of carboxylic acids is 1. The minimum absolute atomic E-state index is 0.201. The highest BCUT2D eigenvalue weighted by Gasteiger charge is 2.31. The zero-order valence-electron chi connectivity index (χ0n) is 12.1. The molecule has 2 rings (SSSR count). The number of aliphatic carboxylic acids is 1. The molecular weight excluding hydrogens is 357 g/mol. The van der Waals surface area contributed by atoms with Gasteiger partial charge in [0.05, 0.1) is 10.4 Å². The lowest BCUT2D eigenvalue weighted by atomic mass is 9.98. The second-order valence-corrected chi connectivity index (χ2v) is 6.15. The number of amides is 1. The van der Waals surface area contributed by atoms with E-state index in [1.807, 2.05) is 0 Å². The van der Waals surface area contributed by atoms with Gasteiger partial charge in [-0.05, 0) is 53.9 Å². The summed E-state index contributed by atoms with van der Waals surface area (Å²) in [4.78, 5) is 24.9. The number of carboxylic acid groups (broad SMARTS) is 1. The molecular formula is C15H17BrFNO4. The number of carbonyl (C=O) groups excluding carboxylic acids is 1. The van der Waals surface area contributed by atoms with Gasteiger partial charge in [0, 0.05) is 13.1 Å². The maximum atomic E-state index is 13.0. The fourth-order valence-corrected chi connectivity index (χ4v) is 2.89. The Morgan fingerprint density at radius 1 is 1.50 bits per heavy atom. The molecule has 7 heteroatoms. The third-order valence-corrected chi connectivity index (χ3v) is 4.25. The molecule has 1 saturated heterocycles. The third-order valence-electron chi connectivity index (χ3n) is 3.63. The SMILES string of the molecule is C[C@@H](Oc1ccc(F)cc1Br)C(=O)N1CCC[C@@H](C(=O)O)C1. The Hall–Kier alpha value is -1.63. The fraction of sp³-hybridized carbons (Fsp3) is 0.467. The summed E-state index contributed by atoms with van der Waals surface area (Å²) in [6.45, 7) is 2.33. The summed E-state index contributed by atoms with van der Waals surface area (Å²) in [6.07, 6.45) is 0.474. The second kappa shape index (κ2) is 7.09. The zero-order chi connectivity index (χ0) is 16.3. The van der Waals surface area contributed by atoms with Crippen LogP contribution in [0.5, 0.6) is 5.75 Å². The molecule has 0 unspecified atom stereocenters. The van der Waals surface area contributed by atoms with E-state index in [0.717, 1.165) is 0 Å². The predicted octanol–water partition coefficient (Wildman–Crippen LogP) is 2.68. The van der Waals surface area contributed by atoms with Crippen LogP contribution in [-0.4, -0.2) is 41.1 Å². The van der Waals surface area contributed by atoms with Gasteiger partial charge in [-0.1, -0.05) is 0 Å². The van der Waals surface area contributed by atoms with Crippen LogP contribution in [0.25, 0.3) is 0 Å². The molecule has 1 fully saturated rings. The molecule has 1 aromatic rings. The molecule has 1 aliphatic rings. The Balaban J connectivity index is 2.01. The van der Waals surface area contributed by atoms with Gasteiger partial charge in [-0.15, -0.1) is 0 Å². The Labute approximate surface area is 136 Å². The monoisotopic (exact) mass is 373 g/mol. The van der Waals surface area contributed by atoms with Crippen molar-refractivity contribution in [1.82, 2.24) is 4.90 Å². The number of carbonyl (C=O) groups is 2. The van der Waals surface area contributed by atoms with E-state index in [1.54, 1.807) is 6.92 Å². The van der Waals surface area contributed by atoms with Crippen LogP contribution >= 0.6 is 15.9 Å². The first-order valence-corrected chi connectivity index (χ1v) is 7.81. The summed E-state index contributed by atoms with van der Waals surface area (Å²) < 4.78 is 19.0. The molecule has 0 aliphatic carbocycles. The van der Waals surface area contributed by atoms with Crippen molar-refractivity contribution in [3.8, 4) is 5.75 Å². The van der Waals surface area contributed by atoms with Crippen molar-refractivity contribution in [3.63, 3.8) is 0 Å². The topological polar surface area (TPSA) is 66.8 Å². The zero-order valence-corrected chi connectivity index (χ0v) is 13.7. The average molecular weight is 374 g/mol. The smallest absolute Gasteiger partial charge is 0.308 e. The van der Waals surface area contributed by atoms with Gasteiger partial charge in [0.2, 0.25) is 0 Å². The molecule has 2 atom stereocenters. The number of ether oxygens (including phenoxy) is 1. The van der Waals surface area contributed by atoms with Crippen LogP contribution in [0.1, 0.15) is 19.8 Å². The molecule has 0 aromatic heterocycles. The molecule has 1 N–H and O–H groups in total. The maximum Gasteiger partial charge on any atom is 0.308 e. The highest BCUT2D eigenvalue weighted by atomic mass is 79.9. The van der Waals surface area contributed by atoms with Crippen molar-refractivity contribution < 1.29 is 23.8 Å². The van der Waals surface area contributed by atoms with E-state index in [1.165, 1.54) is 23.1 Å². The van der Waals surface area contributed by atoms with Crippen molar-refractivity contribution in [1.29, 1.82) is 0 Å². The number of rotatable bonds is 4. The summed E-state index contributed by atoms with van der Waals surface area (Å²) >= 11 is 3.18. The van der Waals surface area contributed by atoms with E-state index < -0.39 is 23.8 Å². The molecule has 22 heavy (non-hydrogen) atoms. The number of benzene rings is 1. The molecule has 1 aromatic carbocycles. The first-order chi connectivity index (χ1) is 10.4. The predicted molar refractivity (Wildman–Crippen MR) is 81.1 cm³/mol. The normalized spacial score (nSPS) is 19.6. The van der Waals surface area contributed by atoms with Crippen LogP contribution in [0.2, 0.25) is 0 Å². The van der Waals surface area contributed by atoms with Gasteiger partial charge in [-0.3, -0.25) is 9.59 Å². The minimum Gasteiger partial charge on any atom is -0.481 e. The average Bonchev–Trinajstić information content (AvgIpc) is 2.49. The summed E-state index contributed by atoms with van der Waals surface area (Å²) in [5.74, 6) is -1.70. The van der Waals surface area contributed by atoms with Crippen LogP contribution in [0, 0.1) is 11.7 Å².